The van der Waals surface area contributed by atoms with Crippen LogP contribution in [0.15, 0.2) is 53.1 Å². The van der Waals surface area contributed by atoms with Crippen LogP contribution in [0.3, 0.4) is 0 Å². The van der Waals surface area contributed by atoms with Crippen LogP contribution in [0.1, 0.15) is 40.0 Å². The zero-order chi connectivity index (χ0) is 22.1. The highest BCUT2D eigenvalue weighted by Gasteiger charge is 2.31. The second kappa shape index (κ2) is 8.37. The van der Waals surface area contributed by atoms with Gasteiger partial charge in [-0.2, -0.15) is 0 Å². The predicted octanol–water partition coefficient (Wildman–Crippen LogP) is 3.79. The summed E-state index contributed by atoms with van der Waals surface area (Å²) in [6, 6.07) is 13.3. The van der Waals surface area contributed by atoms with Gasteiger partial charge in [-0.25, -0.2) is 0 Å². The SMILES string of the molecule is COc1ccc(C(=O)N2CCC(c3nnc(Cc4c[nH]c5ccccc45)o3)C2)cc1OC. The van der Waals surface area contributed by atoms with E-state index in [2.05, 4.69) is 21.2 Å². The second-order valence-electron chi connectivity index (χ2n) is 7.88. The molecule has 32 heavy (non-hydrogen) atoms. The van der Waals surface area contributed by atoms with E-state index in [0.717, 1.165) is 22.9 Å². The molecule has 1 fully saturated rings. The molecule has 1 amide bonds. The summed E-state index contributed by atoms with van der Waals surface area (Å²) in [5.41, 5.74) is 2.77. The standard InChI is InChI=1S/C24H24N4O4/c1-30-20-8-7-15(11-21(20)31-2)24(29)28-10-9-16(14-28)23-27-26-22(32-23)12-17-13-25-19-6-4-3-5-18(17)19/h3-8,11,13,16,25H,9-10,12,14H2,1-2H3. The highest BCUT2D eigenvalue weighted by molar-refractivity contribution is 5.95. The number of carbonyl (C=O) groups excluding carboxylic acids is 1. The van der Waals surface area contributed by atoms with Crippen molar-refractivity contribution >= 4 is 16.8 Å². The minimum atomic E-state index is -0.0491. The average molecular weight is 432 g/mol. The summed E-state index contributed by atoms with van der Waals surface area (Å²) in [5, 5.41) is 9.67. The van der Waals surface area contributed by atoms with Crippen LogP contribution >= 0.6 is 0 Å². The number of nitrogens with one attached hydrogen (secondary N) is 1. The molecule has 1 atom stereocenters. The first-order valence-corrected chi connectivity index (χ1v) is 10.5. The zero-order valence-corrected chi connectivity index (χ0v) is 18.0. The van der Waals surface area contributed by atoms with Crippen molar-refractivity contribution in [3.8, 4) is 11.5 Å². The summed E-state index contributed by atoms with van der Waals surface area (Å²) in [7, 11) is 3.13. The Labute approximate surface area is 185 Å². The van der Waals surface area contributed by atoms with Gasteiger partial charge in [-0.3, -0.25) is 4.79 Å². The van der Waals surface area contributed by atoms with Crippen LogP contribution < -0.4 is 9.47 Å². The Bertz CT molecular complexity index is 1260. The Morgan fingerprint density at radius 2 is 2.00 bits per heavy atom. The summed E-state index contributed by atoms with van der Waals surface area (Å²) in [6.45, 7) is 1.18. The van der Waals surface area contributed by atoms with Gasteiger partial charge in [-0.15, -0.1) is 10.2 Å². The lowest BCUT2D eigenvalue weighted by atomic mass is 10.1. The molecular weight excluding hydrogens is 408 g/mol. The highest BCUT2D eigenvalue weighted by atomic mass is 16.5. The van der Waals surface area contributed by atoms with E-state index in [1.807, 2.05) is 29.3 Å². The van der Waals surface area contributed by atoms with Crippen LogP contribution in [0, 0.1) is 0 Å². The van der Waals surface area contributed by atoms with E-state index in [9.17, 15) is 4.79 Å². The number of carbonyl (C=O) groups is 1. The lowest BCUT2D eigenvalue weighted by molar-refractivity contribution is 0.0789. The van der Waals surface area contributed by atoms with Crippen molar-refractivity contribution in [3.63, 3.8) is 0 Å². The summed E-state index contributed by atoms with van der Waals surface area (Å²) < 4.78 is 16.6. The fourth-order valence-corrected chi connectivity index (χ4v) is 4.24. The van der Waals surface area contributed by atoms with Crippen molar-refractivity contribution in [2.75, 3.05) is 27.3 Å². The van der Waals surface area contributed by atoms with Crippen molar-refractivity contribution in [1.82, 2.24) is 20.1 Å². The minimum Gasteiger partial charge on any atom is -0.493 e. The first-order chi connectivity index (χ1) is 15.7. The summed E-state index contributed by atoms with van der Waals surface area (Å²) >= 11 is 0. The molecule has 8 nitrogen and oxygen atoms in total. The van der Waals surface area contributed by atoms with Crippen LogP contribution in [0.5, 0.6) is 11.5 Å². The van der Waals surface area contributed by atoms with E-state index >= 15 is 0 Å². The molecule has 0 bridgehead atoms. The molecule has 0 spiro atoms. The number of nitrogens with zero attached hydrogens (tertiary/aromatic N) is 3. The van der Waals surface area contributed by atoms with Crippen LogP contribution in [0.4, 0.5) is 0 Å². The third kappa shape index (κ3) is 3.68. The smallest absolute Gasteiger partial charge is 0.254 e. The molecular formula is C24H24N4O4. The number of aromatic nitrogens is 3. The number of amides is 1. The van der Waals surface area contributed by atoms with Crippen LogP contribution in [-0.4, -0.2) is 53.3 Å². The quantitative estimate of drug-likeness (QED) is 0.498. The Hall–Kier alpha value is -3.81. The predicted molar refractivity (Wildman–Crippen MR) is 118 cm³/mol. The van der Waals surface area contributed by atoms with E-state index in [1.165, 1.54) is 0 Å². The summed E-state index contributed by atoms with van der Waals surface area (Å²) in [4.78, 5) is 18.1. The van der Waals surface area contributed by atoms with Crippen LogP contribution in [-0.2, 0) is 6.42 Å². The number of H-pyrrole nitrogens is 1. The lowest BCUT2D eigenvalue weighted by Gasteiger charge is -2.17. The van der Waals surface area contributed by atoms with Crippen molar-refractivity contribution in [3.05, 3.63) is 71.6 Å². The van der Waals surface area contributed by atoms with Gasteiger partial charge in [0.05, 0.1) is 26.6 Å². The number of hydrogen-bond acceptors (Lipinski definition) is 6. The number of benzene rings is 2. The van der Waals surface area contributed by atoms with E-state index < -0.39 is 0 Å². The van der Waals surface area contributed by atoms with Crippen molar-refractivity contribution in [2.24, 2.45) is 0 Å². The van der Waals surface area contributed by atoms with Crippen LogP contribution in [0.2, 0.25) is 0 Å². The van der Waals surface area contributed by atoms with Gasteiger partial charge in [0.1, 0.15) is 0 Å². The van der Waals surface area contributed by atoms with Gasteiger partial charge in [0.15, 0.2) is 11.5 Å². The zero-order valence-electron chi connectivity index (χ0n) is 18.0. The van der Waals surface area contributed by atoms with Crippen molar-refractivity contribution in [2.45, 2.75) is 18.8 Å². The van der Waals surface area contributed by atoms with Gasteiger partial charge in [0.2, 0.25) is 11.8 Å². The monoisotopic (exact) mass is 432 g/mol. The maximum Gasteiger partial charge on any atom is 0.254 e. The van der Waals surface area contributed by atoms with Gasteiger partial charge in [-0.05, 0) is 36.2 Å². The molecule has 5 rings (SSSR count). The molecule has 4 aromatic rings. The van der Waals surface area contributed by atoms with Gasteiger partial charge in [0, 0.05) is 35.8 Å². The number of methoxy groups -OCH3 is 2. The Morgan fingerprint density at radius 3 is 2.84 bits per heavy atom. The number of para-hydroxylation sites is 1. The molecule has 2 aromatic carbocycles. The fourth-order valence-electron chi connectivity index (χ4n) is 4.24. The minimum absolute atomic E-state index is 0.0308. The molecule has 1 N–H and O–H groups in total. The number of aromatic amines is 1. The van der Waals surface area contributed by atoms with Crippen LogP contribution in [0.25, 0.3) is 10.9 Å². The molecule has 0 radical (unpaired) electrons. The molecule has 0 aliphatic carbocycles. The van der Waals surface area contributed by atoms with Gasteiger partial charge in [0.25, 0.3) is 5.91 Å². The molecule has 8 heteroatoms. The fraction of sp³-hybridized carbons (Fsp3) is 0.292. The number of ether oxygens (including phenoxy) is 2. The molecule has 3 heterocycles. The third-order valence-corrected chi connectivity index (χ3v) is 5.95. The number of hydrogen-bond donors (Lipinski definition) is 1. The molecule has 0 saturated carbocycles. The van der Waals surface area contributed by atoms with Crippen molar-refractivity contribution in [1.29, 1.82) is 0 Å². The van der Waals surface area contributed by atoms with E-state index in [4.69, 9.17) is 13.9 Å². The van der Waals surface area contributed by atoms with Crippen molar-refractivity contribution < 1.29 is 18.7 Å². The molecule has 1 saturated heterocycles. The van der Waals surface area contributed by atoms with E-state index in [0.29, 0.717) is 48.4 Å². The van der Waals surface area contributed by atoms with Gasteiger partial charge in [-0.1, -0.05) is 18.2 Å². The lowest BCUT2D eigenvalue weighted by Crippen LogP contribution is -2.28. The maximum atomic E-state index is 13.0. The molecule has 1 unspecified atom stereocenters. The van der Waals surface area contributed by atoms with Gasteiger partial charge >= 0.3 is 0 Å². The summed E-state index contributed by atoms with van der Waals surface area (Å²) in [5.74, 6) is 2.28. The molecule has 164 valence electrons. The highest BCUT2D eigenvalue weighted by Crippen LogP contribution is 2.31. The number of rotatable bonds is 6. The Morgan fingerprint density at radius 1 is 1.16 bits per heavy atom. The van der Waals surface area contributed by atoms with E-state index in [1.54, 1.807) is 32.4 Å². The molecule has 1 aliphatic rings. The average Bonchev–Trinajstić information content (AvgIpc) is 3.58. The first kappa shape index (κ1) is 20.1. The third-order valence-electron chi connectivity index (χ3n) is 5.95. The summed E-state index contributed by atoms with van der Waals surface area (Å²) in [6.07, 6.45) is 3.33. The first-order valence-electron chi connectivity index (χ1n) is 10.5. The number of fused-ring (bicyclic) bond motifs is 1. The maximum absolute atomic E-state index is 13.0. The Kier molecular flexibility index (Phi) is 5.26. The largest absolute Gasteiger partial charge is 0.493 e. The van der Waals surface area contributed by atoms with Gasteiger partial charge < -0.3 is 23.8 Å². The number of likely N-dealkylation sites (tertiary alicyclic amines) is 1. The topological polar surface area (TPSA) is 93.5 Å². The second-order valence-corrected chi connectivity index (χ2v) is 7.88. The molecule has 2 aromatic heterocycles. The molecule has 1 aliphatic heterocycles. The normalized spacial score (nSPS) is 15.9. The van der Waals surface area contributed by atoms with E-state index in [-0.39, 0.29) is 11.8 Å². The Balaban J connectivity index is 1.27.